The van der Waals surface area contributed by atoms with Crippen LogP contribution in [0.5, 0.6) is 0 Å². The lowest BCUT2D eigenvalue weighted by molar-refractivity contribution is 0.315. The number of hydrogen-bond donors (Lipinski definition) is 1. The van der Waals surface area contributed by atoms with Crippen molar-refractivity contribution in [3.05, 3.63) is 16.3 Å². The highest BCUT2D eigenvalue weighted by Gasteiger charge is 2.33. The van der Waals surface area contributed by atoms with Crippen molar-refractivity contribution in [3.8, 4) is 0 Å². The van der Waals surface area contributed by atoms with E-state index in [0.717, 1.165) is 43.5 Å². The molecule has 1 aliphatic heterocycles. The molecule has 1 unspecified atom stereocenters. The largest absolute Gasteiger partial charge is 0.312 e. The van der Waals surface area contributed by atoms with Gasteiger partial charge in [-0.15, -0.1) is 11.3 Å². The number of sulfonamides is 1. The van der Waals surface area contributed by atoms with Crippen molar-refractivity contribution in [1.82, 2.24) is 9.62 Å². The van der Waals surface area contributed by atoms with Crippen LogP contribution in [0, 0.1) is 0 Å². The molecule has 0 aromatic carbocycles. The first-order chi connectivity index (χ1) is 10.1. The monoisotopic (exact) mass is 330 g/mol. The van der Waals surface area contributed by atoms with Crippen molar-refractivity contribution >= 4 is 21.4 Å². The fourth-order valence-corrected chi connectivity index (χ4v) is 6.08. The van der Waals surface area contributed by atoms with Crippen LogP contribution in [-0.4, -0.2) is 31.9 Å². The predicted molar refractivity (Wildman–Crippen MR) is 88.1 cm³/mol. The first-order valence-corrected chi connectivity index (χ1v) is 10.2. The molecule has 2 rings (SSSR count). The molecule has 1 saturated heterocycles. The van der Waals surface area contributed by atoms with E-state index in [1.165, 1.54) is 11.3 Å². The summed E-state index contributed by atoms with van der Waals surface area (Å²) >= 11 is 1.53. The Hall–Kier alpha value is -0.430. The molecule has 0 spiro atoms. The van der Waals surface area contributed by atoms with Crippen LogP contribution in [0.4, 0.5) is 0 Å². The molecule has 1 aromatic rings. The molecule has 0 bridgehead atoms. The molecule has 120 valence electrons. The second-order valence-electron chi connectivity index (χ2n) is 5.52. The molecule has 1 N–H and O–H groups in total. The lowest BCUT2D eigenvalue weighted by atomic mass is 10.1. The van der Waals surface area contributed by atoms with Gasteiger partial charge in [-0.3, -0.25) is 0 Å². The first-order valence-electron chi connectivity index (χ1n) is 7.90. The van der Waals surface area contributed by atoms with E-state index in [4.69, 9.17) is 0 Å². The standard InChI is InChI=1S/C15H26N2O2S2/c1-3-13-8-6-5-7-10-17(13)21(18,19)15-9-11-20-14(15)12-16-4-2/h9,11,13,16H,3-8,10,12H2,1-2H3. The third kappa shape index (κ3) is 3.86. The number of nitrogens with zero attached hydrogens (tertiary/aromatic N) is 1. The van der Waals surface area contributed by atoms with Crippen LogP contribution in [0.15, 0.2) is 16.3 Å². The number of thiophene rings is 1. The molecule has 0 amide bonds. The molecule has 6 heteroatoms. The molecule has 21 heavy (non-hydrogen) atoms. The van der Waals surface area contributed by atoms with Gasteiger partial charge in [0.05, 0.1) is 4.90 Å². The van der Waals surface area contributed by atoms with Crippen LogP contribution in [0.25, 0.3) is 0 Å². The molecule has 0 radical (unpaired) electrons. The summed E-state index contributed by atoms with van der Waals surface area (Å²) in [6.07, 6.45) is 5.13. The number of rotatable bonds is 6. The molecule has 0 aliphatic carbocycles. The maximum atomic E-state index is 13.1. The Balaban J connectivity index is 2.29. The second-order valence-corrected chi connectivity index (χ2v) is 8.38. The van der Waals surface area contributed by atoms with E-state index in [2.05, 4.69) is 12.2 Å². The zero-order valence-electron chi connectivity index (χ0n) is 13.0. The van der Waals surface area contributed by atoms with Crippen molar-refractivity contribution < 1.29 is 8.42 Å². The van der Waals surface area contributed by atoms with E-state index < -0.39 is 10.0 Å². The molecule has 1 atom stereocenters. The summed E-state index contributed by atoms with van der Waals surface area (Å²) < 4.78 is 27.9. The number of nitrogens with one attached hydrogen (secondary N) is 1. The summed E-state index contributed by atoms with van der Waals surface area (Å²) in [6.45, 7) is 6.26. The van der Waals surface area contributed by atoms with Gasteiger partial charge in [-0.2, -0.15) is 4.31 Å². The summed E-state index contributed by atoms with van der Waals surface area (Å²) in [4.78, 5) is 1.43. The van der Waals surface area contributed by atoms with Gasteiger partial charge >= 0.3 is 0 Å². The molecule has 1 fully saturated rings. The topological polar surface area (TPSA) is 49.4 Å². The zero-order valence-corrected chi connectivity index (χ0v) is 14.6. The Morgan fingerprint density at radius 2 is 2.14 bits per heavy atom. The van der Waals surface area contributed by atoms with Crippen LogP contribution in [0.3, 0.4) is 0 Å². The van der Waals surface area contributed by atoms with E-state index in [1.54, 1.807) is 10.4 Å². The maximum Gasteiger partial charge on any atom is 0.244 e. The van der Waals surface area contributed by atoms with E-state index >= 15 is 0 Å². The molecule has 2 heterocycles. The highest BCUT2D eigenvalue weighted by Crippen LogP contribution is 2.30. The van der Waals surface area contributed by atoms with Gasteiger partial charge in [0.25, 0.3) is 0 Å². The van der Waals surface area contributed by atoms with E-state index in [1.807, 2.05) is 12.3 Å². The summed E-state index contributed by atoms with van der Waals surface area (Å²) in [5, 5.41) is 5.12. The molecule has 4 nitrogen and oxygen atoms in total. The quantitative estimate of drug-likeness (QED) is 0.871. The average Bonchev–Trinajstić information content (AvgIpc) is 2.81. The van der Waals surface area contributed by atoms with E-state index in [0.29, 0.717) is 18.0 Å². The Labute approximate surface area is 132 Å². The van der Waals surface area contributed by atoms with Crippen LogP contribution in [0.2, 0.25) is 0 Å². The van der Waals surface area contributed by atoms with Gasteiger partial charge in [-0.05, 0) is 37.3 Å². The van der Waals surface area contributed by atoms with Gasteiger partial charge in [0.15, 0.2) is 0 Å². The normalized spacial score (nSPS) is 21.3. The SMILES string of the molecule is CCNCc1sccc1S(=O)(=O)N1CCCCCC1CC. The minimum atomic E-state index is -3.36. The van der Waals surface area contributed by atoms with Crippen LogP contribution < -0.4 is 5.32 Å². The highest BCUT2D eigenvalue weighted by atomic mass is 32.2. The number of hydrogen-bond acceptors (Lipinski definition) is 4. The van der Waals surface area contributed by atoms with Gasteiger partial charge in [-0.1, -0.05) is 26.7 Å². The molecular weight excluding hydrogens is 304 g/mol. The van der Waals surface area contributed by atoms with Crippen molar-refractivity contribution in [3.63, 3.8) is 0 Å². The minimum absolute atomic E-state index is 0.157. The zero-order chi connectivity index (χ0) is 15.3. The van der Waals surface area contributed by atoms with Gasteiger partial charge in [0.1, 0.15) is 0 Å². The smallest absolute Gasteiger partial charge is 0.244 e. The Morgan fingerprint density at radius 1 is 1.33 bits per heavy atom. The summed E-state index contributed by atoms with van der Waals surface area (Å²) in [5.74, 6) is 0. The third-order valence-electron chi connectivity index (χ3n) is 4.12. The Morgan fingerprint density at radius 3 is 2.86 bits per heavy atom. The van der Waals surface area contributed by atoms with Gasteiger partial charge in [-0.25, -0.2) is 8.42 Å². The van der Waals surface area contributed by atoms with Crippen molar-refractivity contribution in [2.24, 2.45) is 0 Å². The molecule has 0 saturated carbocycles. The van der Waals surface area contributed by atoms with Crippen LogP contribution in [-0.2, 0) is 16.6 Å². The van der Waals surface area contributed by atoms with E-state index in [-0.39, 0.29) is 6.04 Å². The Bertz CT molecular complexity index is 540. The second kappa shape index (κ2) is 7.72. The van der Waals surface area contributed by atoms with Crippen molar-refractivity contribution in [2.75, 3.05) is 13.1 Å². The molecule has 1 aliphatic rings. The lowest BCUT2D eigenvalue weighted by Crippen LogP contribution is -2.39. The third-order valence-corrected chi connectivity index (χ3v) is 7.21. The first kappa shape index (κ1) is 16.9. The Kier molecular flexibility index (Phi) is 6.22. The van der Waals surface area contributed by atoms with Crippen molar-refractivity contribution in [2.45, 2.75) is 63.4 Å². The van der Waals surface area contributed by atoms with Crippen LogP contribution >= 0.6 is 11.3 Å². The minimum Gasteiger partial charge on any atom is -0.312 e. The summed E-state index contributed by atoms with van der Waals surface area (Å²) in [6, 6.07) is 1.92. The fourth-order valence-electron chi connectivity index (χ4n) is 2.93. The maximum absolute atomic E-state index is 13.1. The predicted octanol–water partition coefficient (Wildman–Crippen LogP) is 3.20. The van der Waals surface area contributed by atoms with Crippen molar-refractivity contribution in [1.29, 1.82) is 0 Å². The fraction of sp³-hybridized carbons (Fsp3) is 0.733. The highest BCUT2D eigenvalue weighted by molar-refractivity contribution is 7.89. The summed E-state index contributed by atoms with van der Waals surface area (Å²) in [7, 11) is -3.36. The summed E-state index contributed by atoms with van der Waals surface area (Å²) in [5.41, 5.74) is 0. The molecular formula is C15H26N2O2S2. The van der Waals surface area contributed by atoms with Gasteiger partial charge in [0.2, 0.25) is 10.0 Å². The van der Waals surface area contributed by atoms with Crippen LogP contribution in [0.1, 0.15) is 50.8 Å². The van der Waals surface area contributed by atoms with E-state index in [9.17, 15) is 8.42 Å². The lowest BCUT2D eigenvalue weighted by Gasteiger charge is -2.28. The van der Waals surface area contributed by atoms with Gasteiger partial charge < -0.3 is 5.32 Å². The molecule has 1 aromatic heterocycles. The average molecular weight is 331 g/mol. The van der Waals surface area contributed by atoms with Gasteiger partial charge in [0, 0.05) is 24.0 Å².